The van der Waals surface area contributed by atoms with E-state index in [9.17, 15) is 0 Å². The van der Waals surface area contributed by atoms with Gasteiger partial charge in [-0.05, 0) is 41.3 Å². The minimum absolute atomic E-state index is 0.161. The number of aromatic nitrogens is 1. The van der Waals surface area contributed by atoms with Crippen molar-refractivity contribution in [1.29, 1.82) is 0 Å². The lowest BCUT2D eigenvalue weighted by atomic mass is 9.95. The molecule has 44 heavy (non-hydrogen) atoms. The maximum absolute atomic E-state index is 6.88. The third-order valence-electron chi connectivity index (χ3n) is 8.30. The number of nitrogens with zero attached hydrogens (tertiary/aromatic N) is 2. The highest BCUT2D eigenvalue weighted by molar-refractivity contribution is 6.16. The number of fused-ring (bicyclic) bond motifs is 3. The number of aliphatic imine (C=N–C) groups is 1. The summed E-state index contributed by atoms with van der Waals surface area (Å²) in [5.41, 5.74) is 15.8. The highest BCUT2D eigenvalue weighted by Crippen LogP contribution is 2.41. The van der Waals surface area contributed by atoms with Gasteiger partial charge in [0, 0.05) is 22.0 Å². The maximum atomic E-state index is 6.88. The predicted octanol–water partition coefficient (Wildman–Crippen LogP) is 9.20. The van der Waals surface area contributed by atoms with E-state index >= 15 is 0 Å². The second kappa shape index (κ2) is 12.4. The van der Waals surface area contributed by atoms with E-state index < -0.39 is 0 Å². The largest absolute Gasteiger partial charge is 0.344 e. The van der Waals surface area contributed by atoms with Gasteiger partial charge in [0.25, 0.3) is 0 Å². The molecule has 2 atom stereocenters. The van der Waals surface area contributed by atoms with Crippen LogP contribution in [-0.4, -0.2) is 16.9 Å². The number of anilines is 1. The molecule has 0 radical (unpaired) electrons. The smallest absolute Gasteiger partial charge is 0.0873 e. The van der Waals surface area contributed by atoms with Crippen LogP contribution in [0.1, 0.15) is 17.2 Å². The number of para-hydroxylation sites is 2. The zero-order chi connectivity index (χ0) is 29.7. The summed E-state index contributed by atoms with van der Waals surface area (Å²) >= 11 is 0. The predicted molar refractivity (Wildman–Crippen MR) is 186 cm³/mol. The average Bonchev–Trinajstić information content (AvgIpc) is 3.44. The third-order valence-corrected chi connectivity index (χ3v) is 8.30. The van der Waals surface area contributed by atoms with Crippen LogP contribution in [0.5, 0.6) is 0 Å². The van der Waals surface area contributed by atoms with Crippen molar-refractivity contribution in [3.63, 3.8) is 0 Å². The van der Waals surface area contributed by atoms with Crippen molar-refractivity contribution >= 4 is 33.8 Å². The van der Waals surface area contributed by atoms with Gasteiger partial charge in [-0.15, -0.1) is 0 Å². The molecule has 0 bridgehead atoms. The Labute approximate surface area is 258 Å². The molecule has 4 heteroatoms. The molecule has 4 nitrogen and oxygen atoms in total. The molecule has 0 aliphatic heterocycles. The fraction of sp³-hybridized carbons (Fsp3) is 0.0750. The van der Waals surface area contributed by atoms with E-state index in [4.69, 9.17) is 10.7 Å². The lowest BCUT2D eigenvalue weighted by molar-refractivity contribution is 0.548. The van der Waals surface area contributed by atoms with E-state index in [-0.39, 0.29) is 12.1 Å². The topological polar surface area (TPSA) is 55.3 Å². The first-order valence-electron chi connectivity index (χ1n) is 15.1. The van der Waals surface area contributed by atoms with E-state index in [0.717, 1.165) is 45.5 Å². The summed E-state index contributed by atoms with van der Waals surface area (Å²) in [5.74, 6) is 0. The van der Waals surface area contributed by atoms with Crippen molar-refractivity contribution in [2.24, 2.45) is 10.7 Å². The summed E-state index contributed by atoms with van der Waals surface area (Å²) in [5, 5.41) is 6.07. The minimum atomic E-state index is -0.255. The molecule has 0 amide bonds. The minimum Gasteiger partial charge on any atom is -0.344 e. The molecule has 3 N–H and O–H groups in total. The molecule has 6 aromatic carbocycles. The lowest BCUT2D eigenvalue weighted by Gasteiger charge is -2.21. The van der Waals surface area contributed by atoms with Gasteiger partial charge in [0.1, 0.15) is 0 Å². The number of nitrogens with one attached hydrogen (secondary N) is 1. The molecule has 0 saturated carbocycles. The van der Waals surface area contributed by atoms with Gasteiger partial charge >= 0.3 is 0 Å². The van der Waals surface area contributed by atoms with Gasteiger partial charge in [-0.2, -0.15) is 0 Å². The zero-order valence-electron chi connectivity index (χ0n) is 24.4. The van der Waals surface area contributed by atoms with Crippen LogP contribution in [0.15, 0.2) is 163 Å². The molecule has 0 saturated heterocycles. The Bertz CT molecular complexity index is 2010. The van der Waals surface area contributed by atoms with Crippen LogP contribution in [0.4, 0.5) is 5.69 Å². The molecule has 214 valence electrons. The van der Waals surface area contributed by atoms with Crippen LogP contribution >= 0.6 is 0 Å². The normalized spacial score (nSPS) is 12.9. The molecule has 1 aromatic heterocycles. The first-order chi connectivity index (χ1) is 21.8. The van der Waals surface area contributed by atoms with Crippen molar-refractivity contribution in [1.82, 2.24) is 4.57 Å². The van der Waals surface area contributed by atoms with E-state index in [1.165, 1.54) is 16.3 Å². The number of hydrogen-bond donors (Lipinski definition) is 2. The van der Waals surface area contributed by atoms with Crippen molar-refractivity contribution in [3.05, 3.63) is 169 Å². The van der Waals surface area contributed by atoms with E-state index in [0.29, 0.717) is 0 Å². The van der Waals surface area contributed by atoms with Crippen molar-refractivity contribution in [2.75, 3.05) is 5.32 Å². The fourth-order valence-corrected chi connectivity index (χ4v) is 6.13. The maximum Gasteiger partial charge on any atom is 0.0873 e. The number of nitrogens with two attached hydrogens (primary N) is 1. The Morgan fingerprint density at radius 3 is 1.98 bits per heavy atom. The van der Waals surface area contributed by atoms with Crippen molar-refractivity contribution < 1.29 is 0 Å². The average molecular weight is 571 g/mol. The van der Waals surface area contributed by atoms with Gasteiger partial charge in [0.15, 0.2) is 0 Å². The zero-order valence-corrected chi connectivity index (χ0v) is 24.4. The SMILES string of the molecule is NC(c1ccccc1)[C@H](Cc1ccccc1)/N=C/Nc1c(-c2ccccc2)ccc2c3ccccc3n(-c3ccccc3)c12. The van der Waals surface area contributed by atoms with Crippen LogP contribution in [0.2, 0.25) is 0 Å². The van der Waals surface area contributed by atoms with Gasteiger partial charge in [-0.25, -0.2) is 0 Å². The second-order valence-corrected chi connectivity index (χ2v) is 11.1. The number of benzene rings is 6. The fourth-order valence-electron chi connectivity index (χ4n) is 6.13. The number of hydrogen-bond acceptors (Lipinski definition) is 2. The first kappa shape index (κ1) is 27.4. The monoisotopic (exact) mass is 570 g/mol. The molecule has 0 fully saturated rings. The molecular weight excluding hydrogens is 536 g/mol. The molecule has 1 heterocycles. The summed E-state index contributed by atoms with van der Waals surface area (Å²) < 4.78 is 2.35. The van der Waals surface area contributed by atoms with Crippen LogP contribution in [0.3, 0.4) is 0 Å². The number of rotatable bonds is 9. The van der Waals surface area contributed by atoms with Crippen molar-refractivity contribution in [3.8, 4) is 16.8 Å². The quantitative estimate of drug-likeness (QED) is 0.134. The summed E-state index contributed by atoms with van der Waals surface area (Å²) in [6.45, 7) is 0. The molecule has 0 aliphatic rings. The Balaban J connectivity index is 1.38. The highest BCUT2D eigenvalue weighted by Gasteiger charge is 2.21. The Kier molecular flexibility index (Phi) is 7.73. The van der Waals surface area contributed by atoms with Gasteiger partial charge in [0.2, 0.25) is 0 Å². The second-order valence-electron chi connectivity index (χ2n) is 11.1. The molecule has 0 spiro atoms. The summed E-state index contributed by atoms with van der Waals surface area (Å²) in [4.78, 5) is 5.12. The van der Waals surface area contributed by atoms with Crippen LogP contribution in [0.25, 0.3) is 38.6 Å². The third kappa shape index (κ3) is 5.39. The molecule has 7 aromatic rings. The van der Waals surface area contributed by atoms with Crippen LogP contribution in [-0.2, 0) is 6.42 Å². The summed E-state index contributed by atoms with van der Waals surface area (Å²) in [7, 11) is 0. The van der Waals surface area contributed by atoms with Crippen LogP contribution < -0.4 is 11.1 Å². The first-order valence-corrected chi connectivity index (χ1v) is 15.1. The van der Waals surface area contributed by atoms with E-state index in [1.807, 2.05) is 30.6 Å². The van der Waals surface area contributed by atoms with Gasteiger partial charge in [-0.1, -0.05) is 140 Å². The van der Waals surface area contributed by atoms with Crippen LogP contribution in [0, 0.1) is 0 Å². The highest BCUT2D eigenvalue weighted by atomic mass is 15.0. The molecule has 1 unspecified atom stereocenters. The molecule has 0 aliphatic carbocycles. The Morgan fingerprint density at radius 2 is 1.25 bits per heavy atom. The van der Waals surface area contributed by atoms with E-state index in [2.05, 4.69) is 143 Å². The van der Waals surface area contributed by atoms with Crippen molar-refractivity contribution in [2.45, 2.75) is 18.5 Å². The van der Waals surface area contributed by atoms with Gasteiger partial charge < -0.3 is 15.6 Å². The van der Waals surface area contributed by atoms with E-state index in [1.54, 1.807) is 0 Å². The summed E-state index contributed by atoms with van der Waals surface area (Å²) in [6.07, 6.45) is 2.58. The lowest BCUT2D eigenvalue weighted by Crippen LogP contribution is -2.27. The molecule has 7 rings (SSSR count). The Morgan fingerprint density at radius 1 is 0.636 bits per heavy atom. The molecular formula is C40H34N4. The summed E-state index contributed by atoms with van der Waals surface area (Å²) in [6, 6.07) is 54.4. The van der Waals surface area contributed by atoms with Gasteiger partial charge in [-0.3, -0.25) is 4.99 Å². The van der Waals surface area contributed by atoms with Gasteiger partial charge in [0.05, 0.1) is 35.1 Å². The standard InChI is InChI=1S/C40H34N4/c41-38(31-19-9-3-10-20-31)36(27-29-15-5-1-6-16-29)42-28-43-39-33(30-17-7-2-8-18-30)25-26-35-34-23-13-14-24-37(34)44(40(35)39)32-21-11-4-12-22-32/h1-26,28,36,38H,27,41H2,(H,42,43)/t36-,38?/m0/s1. The Hall–Kier alpha value is -5.45.